The molecule has 132 valence electrons. The number of halogens is 4. The molecule has 0 spiro atoms. The molecule has 0 bridgehead atoms. The Morgan fingerprint density at radius 2 is 2.08 bits per heavy atom. The minimum absolute atomic E-state index is 0.295. The first-order valence-electron chi connectivity index (χ1n) is 6.62. The topological polar surface area (TPSA) is 51.2 Å². The van der Waals surface area contributed by atoms with E-state index in [4.69, 9.17) is 0 Å². The van der Waals surface area contributed by atoms with E-state index in [-0.39, 0.29) is 5.91 Å². The van der Waals surface area contributed by atoms with Gasteiger partial charge in [0.05, 0.1) is 17.9 Å². The van der Waals surface area contributed by atoms with Gasteiger partial charge >= 0.3 is 6.18 Å². The number of nitrogens with one attached hydrogen (secondary N) is 1. The molecule has 1 aromatic heterocycles. The molecule has 0 fully saturated rings. The molecule has 0 saturated carbocycles. The number of aromatic nitrogens is 1. The zero-order valence-corrected chi connectivity index (χ0v) is 14.1. The summed E-state index contributed by atoms with van der Waals surface area (Å²) in [6.45, 7) is 5.13. The number of thiazole rings is 1. The van der Waals surface area contributed by atoms with Gasteiger partial charge in [-0.15, -0.1) is 11.3 Å². The molecule has 0 saturated heterocycles. The van der Waals surface area contributed by atoms with Gasteiger partial charge in [0.15, 0.2) is 5.13 Å². The van der Waals surface area contributed by atoms with E-state index in [1.807, 2.05) is 0 Å². The molecule has 0 atom stereocenters. The Balaban J connectivity index is 3.15. The summed E-state index contributed by atoms with van der Waals surface area (Å²) < 4.78 is 57.1. The van der Waals surface area contributed by atoms with E-state index in [1.165, 1.54) is 13.8 Å². The molecule has 0 aliphatic carbocycles. The van der Waals surface area contributed by atoms with Crippen LogP contribution in [0.1, 0.15) is 19.5 Å². The molecule has 1 heterocycles. The Hall–Kier alpha value is -2.00. The van der Waals surface area contributed by atoms with Crippen molar-refractivity contribution in [3.05, 3.63) is 40.7 Å². The number of hydrogen-bond acceptors (Lipinski definition) is 4. The van der Waals surface area contributed by atoms with Crippen molar-refractivity contribution >= 4 is 27.9 Å². The molecule has 1 aromatic rings. The fraction of sp³-hybridized carbons (Fsp3) is 0.333. The van der Waals surface area contributed by atoms with Gasteiger partial charge in [-0.1, -0.05) is 6.58 Å². The maximum atomic E-state index is 14.3. The third-order valence-electron chi connectivity index (χ3n) is 2.82. The van der Waals surface area contributed by atoms with Crippen LogP contribution in [0.3, 0.4) is 0 Å². The number of anilines is 1. The number of hydrogen-bond donors (Lipinski definition) is 1. The number of carbonyl (C=O) groups excluding carboxylic acids is 1. The van der Waals surface area contributed by atoms with Gasteiger partial charge in [0.2, 0.25) is 5.91 Å². The van der Waals surface area contributed by atoms with Crippen LogP contribution in [0.2, 0.25) is 0 Å². The fourth-order valence-electron chi connectivity index (χ4n) is 1.63. The maximum Gasteiger partial charge on any atom is 0.416 e. The van der Waals surface area contributed by atoms with E-state index >= 15 is 0 Å². The summed E-state index contributed by atoms with van der Waals surface area (Å²) in [5.41, 5.74) is -1.35. The van der Waals surface area contributed by atoms with Crippen LogP contribution in [0.15, 0.2) is 35.0 Å². The van der Waals surface area contributed by atoms with Crippen LogP contribution in [0.5, 0.6) is 0 Å². The quantitative estimate of drug-likeness (QED) is 0.598. The van der Waals surface area contributed by atoms with Crippen molar-refractivity contribution < 1.29 is 27.1 Å². The molecule has 0 radical (unpaired) electrons. The van der Waals surface area contributed by atoms with Crippen molar-refractivity contribution in [2.24, 2.45) is 0 Å². The number of nitrogens with zero attached hydrogens (tertiary/aromatic N) is 1. The molecule has 1 amide bonds. The van der Waals surface area contributed by atoms with E-state index in [1.54, 1.807) is 5.38 Å². The molecule has 24 heavy (non-hydrogen) atoms. The molecular formula is C15H16F4N2O2S. The van der Waals surface area contributed by atoms with Crippen LogP contribution in [0.25, 0.3) is 5.57 Å². The van der Waals surface area contributed by atoms with Crippen LogP contribution in [-0.2, 0) is 9.53 Å². The number of allylic oxidation sites excluding steroid dienone is 3. The van der Waals surface area contributed by atoms with E-state index in [2.05, 4.69) is 21.6 Å². The van der Waals surface area contributed by atoms with Crippen molar-refractivity contribution in [1.82, 2.24) is 4.98 Å². The van der Waals surface area contributed by atoms with Gasteiger partial charge in [-0.25, -0.2) is 9.37 Å². The average Bonchev–Trinajstić information content (AvgIpc) is 2.90. The van der Waals surface area contributed by atoms with Gasteiger partial charge < -0.3 is 10.1 Å². The summed E-state index contributed by atoms with van der Waals surface area (Å²) >= 11 is 1.12. The number of amides is 1. The lowest BCUT2D eigenvalue weighted by Crippen LogP contribution is -2.16. The predicted molar refractivity (Wildman–Crippen MR) is 85.3 cm³/mol. The predicted octanol–water partition coefficient (Wildman–Crippen LogP) is 4.49. The van der Waals surface area contributed by atoms with E-state index < -0.39 is 29.8 Å². The first kappa shape index (κ1) is 20.0. The van der Waals surface area contributed by atoms with Gasteiger partial charge in [-0.2, -0.15) is 13.2 Å². The highest BCUT2D eigenvalue weighted by Crippen LogP contribution is 2.33. The molecule has 0 aromatic carbocycles. The van der Waals surface area contributed by atoms with Crippen LogP contribution < -0.4 is 5.32 Å². The molecular weight excluding hydrogens is 348 g/mol. The van der Waals surface area contributed by atoms with E-state index in [0.717, 1.165) is 24.5 Å². The van der Waals surface area contributed by atoms with Crippen LogP contribution >= 0.6 is 11.3 Å². The van der Waals surface area contributed by atoms with Gasteiger partial charge in [0, 0.05) is 25.0 Å². The van der Waals surface area contributed by atoms with Gasteiger partial charge in [-0.3, -0.25) is 4.79 Å². The number of rotatable bonds is 6. The summed E-state index contributed by atoms with van der Waals surface area (Å²) in [6.07, 6.45) is -3.83. The first-order valence-corrected chi connectivity index (χ1v) is 7.50. The highest BCUT2D eigenvalue weighted by Gasteiger charge is 2.35. The van der Waals surface area contributed by atoms with Gasteiger partial charge in [0.1, 0.15) is 5.83 Å². The lowest BCUT2D eigenvalue weighted by Gasteiger charge is -2.14. The maximum absolute atomic E-state index is 14.3. The van der Waals surface area contributed by atoms with Gasteiger partial charge in [-0.05, 0) is 18.6 Å². The molecule has 1 N–H and O–H groups in total. The lowest BCUT2D eigenvalue weighted by atomic mass is 10.1. The molecule has 1 rings (SSSR count). The SMILES string of the molecule is C=C(/C(COC)=C(F)\C=C(/C)c1csc(NC(C)=O)n1)C(F)(F)F. The molecule has 0 aliphatic rings. The zero-order valence-electron chi connectivity index (χ0n) is 13.3. The van der Waals surface area contributed by atoms with Crippen LogP contribution in [-0.4, -0.2) is 30.8 Å². The van der Waals surface area contributed by atoms with Crippen molar-refractivity contribution in [2.75, 3.05) is 19.0 Å². The largest absolute Gasteiger partial charge is 0.416 e. The Morgan fingerprint density at radius 1 is 1.46 bits per heavy atom. The Morgan fingerprint density at radius 3 is 2.58 bits per heavy atom. The monoisotopic (exact) mass is 364 g/mol. The molecule has 4 nitrogen and oxygen atoms in total. The molecule has 0 unspecified atom stereocenters. The molecule has 9 heteroatoms. The van der Waals surface area contributed by atoms with Crippen molar-refractivity contribution in [3.63, 3.8) is 0 Å². The summed E-state index contributed by atoms with van der Waals surface area (Å²) in [6, 6.07) is 0. The first-order chi connectivity index (χ1) is 11.1. The minimum Gasteiger partial charge on any atom is -0.380 e. The number of methoxy groups -OCH3 is 1. The van der Waals surface area contributed by atoms with Crippen LogP contribution in [0.4, 0.5) is 22.7 Å². The Labute approximate surface area is 140 Å². The summed E-state index contributed by atoms with van der Waals surface area (Å²) in [5.74, 6) is -1.42. The summed E-state index contributed by atoms with van der Waals surface area (Å²) in [7, 11) is 1.16. The van der Waals surface area contributed by atoms with Crippen molar-refractivity contribution in [3.8, 4) is 0 Å². The van der Waals surface area contributed by atoms with Crippen molar-refractivity contribution in [1.29, 1.82) is 0 Å². The number of ether oxygens (including phenoxy) is 1. The van der Waals surface area contributed by atoms with E-state index in [9.17, 15) is 22.4 Å². The van der Waals surface area contributed by atoms with Gasteiger partial charge in [0.25, 0.3) is 0 Å². The summed E-state index contributed by atoms with van der Waals surface area (Å²) in [4.78, 5) is 15.0. The Bertz CT molecular complexity index is 690. The fourth-order valence-corrected chi connectivity index (χ4v) is 2.45. The lowest BCUT2D eigenvalue weighted by molar-refractivity contribution is -0.114. The summed E-state index contributed by atoms with van der Waals surface area (Å²) in [5, 5.41) is 4.33. The Kier molecular flexibility index (Phi) is 6.85. The minimum atomic E-state index is -4.76. The zero-order chi connectivity index (χ0) is 18.5. The second-order valence-electron chi connectivity index (χ2n) is 4.78. The highest BCUT2D eigenvalue weighted by molar-refractivity contribution is 7.14. The van der Waals surface area contributed by atoms with Crippen molar-refractivity contribution in [2.45, 2.75) is 20.0 Å². The smallest absolute Gasteiger partial charge is 0.380 e. The standard InChI is InChI=1S/C15H16F4N2O2S/c1-8(13-7-24-14(21-13)20-10(3)22)5-12(16)11(6-23-4)9(2)15(17,18)19/h5,7H,2,6H2,1,3-4H3,(H,20,21,22)/b8-5+,12-11+. The molecule has 0 aliphatic heterocycles. The second-order valence-corrected chi connectivity index (χ2v) is 5.64. The number of carbonyl (C=O) groups is 1. The van der Waals surface area contributed by atoms with E-state index in [0.29, 0.717) is 16.4 Å². The van der Waals surface area contributed by atoms with Crippen LogP contribution in [0, 0.1) is 0 Å². The third-order valence-corrected chi connectivity index (χ3v) is 3.58. The highest BCUT2D eigenvalue weighted by atomic mass is 32.1. The average molecular weight is 364 g/mol. The normalized spacial score (nSPS) is 13.5. The number of alkyl halides is 3. The third kappa shape index (κ3) is 5.57. The second kappa shape index (κ2) is 8.20.